The van der Waals surface area contributed by atoms with Gasteiger partial charge in [0.15, 0.2) is 0 Å². The SMILES string of the molecule is O=C(O)CCCc1ncn2c1CCCC2. The van der Waals surface area contributed by atoms with Crippen LogP contribution in [0.1, 0.15) is 37.1 Å². The van der Waals surface area contributed by atoms with Crippen molar-refractivity contribution in [1.29, 1.82) is 0 Å². The van der Waals surface area contributed by atoms with Crippen LogP contribution < -0.4 is 0 Å². The normalized spacial score (nSPS) is 14.9. The summed E-state index contributed by atoms with van der Waals surface area (Å²) >= 11 is 0. The standard InChI is InChI=1S/C11H16N2O2/c14-11(15)6-3-4-9-10-5-1-2-7-13(10)8-12-9/h8H,1-7H2,(H,14,15). The minimum atomic E-state index is -0.719. The first-order valence-corrected chi connectivity index (χ1v) is 5.52. The highest BCUT2D eigenvalue weighted by molar-refractivity contribution is 5.66. The zero-order valence-corrected chi connectivity index (χ0v) is 8.78. The molecule has 0 aliphatic carbocycles. The molecule has 1 aliphatic heterocycles. The van der Waals surface area contributed by atoms with Gasteiger partial charge in [-0.2, -0.15) is 0 Å². The molecule has 0 saturated carbocycles. The quantitative estimate of drug-likeness (QED) is 0.818. The van der Waals surface area contributed by atoms with Crippen molar-refractivity contribution in [3.8, 4) is 0 Å². The summed E-state index contributed by atoms with van der Waals surface area (Å²) in [7, 11) is 0. The summed E-state index contributed by atoms with van der Waals surface area (Å²) in [6, 6.07) is 0. The number of hydrogen-bond acceptors (Lipinski definition) is 2. The average Bonchev–Trinajstić information content (AvgIpc) is 2.62. The van der Waals surface area contributed by atoms with Gasteiger partial charge in [-0.1, -0.05) is 0 Å². The van der Waals surface area contributed by atoms with E-state index in [2.05, 4.69) is 9.55 Å². The molecule has 0 fully saturated rings. The summed E-state index contributed by atoms with van der Waals surface area (Å²) in [6.45, 7) is 1.07. The van der Waals surface area contributed by atoms with E-state index in [4.69, 9.17) is 5.11 Å². The molecule has 0 atom stereocenters. The lowest BCUT2D eigenvalue weighted by Crippen LogP contribution is -2.10. The summed E-state index contributed by atoms with van der Waals surface area (Å²) < 4.78 is 2.21. The summed E-state index contributed by atoms with van der Waals surface area (Å²) in [5.41, 5.74) is 2.43. The number of aryl methyl sites for hydroxylation is 2. The fourth-order valence-corrected chi connectivity index (χ4v) is 2.12. The van der Waals surface area contributed by atoms with Crippen LogP contribution in [0.15, 0.2) is 6.33 Å². The average molecular weight is 208 g/mol. The minimum Gasteiger partial charge on any atom is -0.481 e. The molecule has 15 heavy (non-hydrogen) atoms. The lowest BCUT2D eigenvalue weighted by Gasteiger charge is -2.14. The second kappa shape index (κ2) is 4.47. The molecule has 0 radical (unpaired) electrons. The molecular formula is C11H16N2O2. The van der Waals surface area contributed by atoms with E-state index in [0.717, 1.165) is 25.1 Å². The minimum absolute atomic E-state index is 0.242. The van der Waals surface area contributed by atoms with Gasteiger partial charge in [0.05, 0.1) is 12.0 Å². The first-order chi connectivity index (χ1) is 7.27. The third kappa shape index (κ3) is 2.37. The molecule has 1 aliphatic rings. The van der Waals surface area contributed by atoms with Gasteiger partial charge < -0.3 is 9.67 Å². The number of aromatic nitrogens is 2. The molecule has 2 rings (SSSR count). The maximum atomic E-state index is 10.4. The Balaban J connectivity index is 1.96. The van der Waals surface area contributed by atoms with E-state index >= 15 is 0 Å². The molecule has 4 nitrogen and oxygen atoms in total. The molecule has 2 heterocycles. The molecular weight excluding hydrogens is 192 g/mol. The predicted molar refractivity (Wildman–Crippen MR) is 55.7 cm³/mol. The molecule has 0 unspecified atom stereocenters. The highest BCUT2D eigenvalue weighted by atomic mass is 16.4. The number of carboxylic acids is 1. The lowest BCUT2D eigenvalue weighted by molar-refractivity contribution is -0.137. The van der Waals surface area contributed by atoms with E-state index in [1.807, 2.05) is 6.33 Å². The molecule has 82 valence electrons. The fraction of sp³-hybridized carbons (Fsp3) is 0.636. The summed E-state index contributed by atoms with van der Waals surface area (Å²) in [5.74, 6) is -0.719. The topological polar surface area (TPSA) is 55.1 Å². The first kappa shape index (κ1) is 10.2. The highest BCUT2D eigenvalue weighted by Crippen LogP contribution is 2.19. The third-order valence-corrected chi connectivity index (χ3v) is 2.90. The summed E-state index contributed by atoms with van der Waals surface area (Å²) in [4.78, 5) is 14.8. The van der Waals surface area contributed by atoms with E-state index in [0.29, 0.717) is 6.42 Å². The molecule has 1 N–H and O–H groups in total. The number of aliphatic carboxylic acids is 1. The number of carbonyl (C=O) groups is 1. The highest BCUT2D eigenvalue weighted by Gasteiger charge is 2.14. The molecule has 0 saturated heterocycles. The zero-order chi connectivity index (χ0) is 10.7. The zero-order valence-electron chi connectivity index (χ0n) is 8.78. The maximum Gasteiger partial charge on any atom is 0.303 e. The molecule has 0 spiro atoms. The monoisotopic (exact) mass is 208 g/mol. The van der Waals surface area contributed by atoms with Crippen molar-refractivity contribution in [3.63, 3.8) is 0 Å². The van der Waals surface area contributed by atoms with Crippen molar-refractivity contribution >= 4 is 5.97 Å². The van der Waals surface area contributed by atoms with Crippen LogP contribution in [0.5, 0.6) is 0 Å². The number of nitrogens with zero attached hydrogens (tertiary/aromatic N) is 2. The van der Waals surface area contributed by atoms with Gasteiger partial charge in [0.25, 0.3) is 0 Å². The summed E-state index contributed by atoms with van der Waals surface area (Å²) in [5, 5.41) is 8.55. The van der Waals surface area contributed by atoms with E-state index in [1.54, 1.807) is 0 Å². The van der Waals surface area contributed by atoms with E-state index in [9.17, 15) is 4.79 Å². The Morgan fingerprint density at radius 3 is 3.20 bits per heavy atom. The summed E-state index contributed by atoms with van der Waals surface area (Å²) in [6.07, 6.45) is 7.20. The van der Waals surface area contributed by atoms with E-state index < -0.39 is 5.97 Å². The maximum absolute atomic E-state index is 10.4. The fourth-order valence-electron chi connectivity index (χ4n) is 2.12. The van der Waals surface area contributed by atoms with Gasteiger partial charge in [0.1, 0.15) is 0 Å². The van der Waals surface area contributed by atoms with Crippen molar-refractivity contribution < 1.29 is 9.90 Å². The van der Waals surface area contributed by atoms with Crippen LogP contribution in [0.2, 0.25) is 0 Å². The smallest absolute Gasteiger partial charge is 0.303 e. The number of rotatable bonds is 4. The van der Waals surface area contributed by atoms with Crippen molar-refractivity contribution in [1.82, 2.24) is 9.55 Å². The molecule has 0 aromatic carbocycles. The van der Waals surface area contributed by atoms with Crippen LogP contribution >= 0.6 is 0 Å². The number of hydrogen-bond donors (Lipinski definition) is 1. The molecule has 4 heteroatoms. The first-order valence-electron chi connectivity index (χ1n) is 5.52. The third-order valence-electron chi connectivity index (χ3n) is 2.90. The van der Waals surface area contributed by atoms with Gasteiger partial charge >= 0.3 is 5.97 Å². The Labute approximate surface area is 88.9 Å². The molecule has 0 amide bonds. The van der Waals surface area contributed by atoms with Gasteiger partial charge in [0, 0.05) is 18.7 Å². The van der Waals surface area contributed by atoms with Gasteiger partial charge in [-0.3, -0.25) is 4.79 Å². The van der Waals surface area contributed by atoms with Crippen molar-refractivity contribution in [2.75, 3.05) is 0 Å². The van der Waals surface area contributed by atoms with Crippen LogP contribution in [0.25, 0.3) is 0 Å². The van der Waals surface area contributed by atoms with Crippen LogP contribution in [0.4, 0.5) is 0 Å². The molecule has 1 aromatic rings. The van der Waals surface area contributed by atoms with Crippen molar-refractivity contribution in [2.24, 2.45) is 0 Å². The van der Waals surface area contributed by atoms with Crippen LogP contribution in [0, 0.1) is 0 Å². The number of carboxylic acid groups (broad SMARTS) is 1. The van der Waals surface area contributed by atoms with E-state index in [1.165, 1.54) is 18.5 Å². The number of fused-ring (bicyclic) bond motifs is 1. The van der Waals surface area contributed by atoms with Gasteiger partial charge in [-0.15, -0.1) is 0 Å². The van der Waals surface area contributed by atoms with Gasteiger partial charge in [-0.05, 0) is 32.1 Å². The molecule has 0 bridgehead atoms. The Hall–Kier alpha value is -1.32. The van der Waals surface area contributed by atoms with E-state index in [-0.39, 0.29) is 6.42 Å². The van der Waals surface area contributed by atoms with Gasteiger partial charge in [-0.25, -0.2) is 4.98 Å². The van der Waals surface area contributed by atoms with Crippen molar-refractivity contribution in [2.45, 2.75) is 45.1 Å². The Kier molecular flexibility index (Phi) is 3.04. The second-order valence-corrected chi connectivity index (χ2v) is 4.04. The lowest BCUT2D eigenvalue weighted by atomic mass is 10.1. The largest absolute Gasteiger partial charge is 0.481 e. The van der Waals surface area contributed by atoms with Gasteiger partial charge in [0.2, 0.25) is 0 Å². The predicted octanol–water partition coefficient (Wildman–Crippen LogP) is 1.63. The van der Waals surface area contributed by atoms with Crippen LogP contribution in [0.3, 0.4) is 0 Å². The second-order valence-electron chi connectivity index (χ2n) is 4.04. The van der Waals surface area contributed by atoms with Crippen LogP contribution in [-0.2, 0) is 24.2 Å². The Morgan fingerprint density at radius 1 is 1.53 bits per heavy atom. The Morgan fingerprint density at radius 2 is 2.40 bits per heavy atom. The Bertz CT molecular complexity index is 357. The number of imidazole rings is 1. The van der Waals surface area contributed by atoms with Crippen molar-refractivity contribution in [3.05, 3.63) is 17.7 Å². The molecule has 1 aromatic heterocycles. The van der Waals surface area contributed by atoms with Crippen LogP contribution in [-0.4, -0.2) is 20.6 Å².